The fourth-order valence-corrected chi connectivity index (χ4v) is 2.88. The molecule has 0 aliphatic rings. The van der Waals surface area contributed by atoms with Crippen molar-refractivity contribution in [2.45, 2.75) is 6.92 Å². The van der Waals surface area contributed by atoms with Gasteiger partial charge in [-0.1, -0.05) is 6.07 Å². The third-order valence-corrected chi connectivity index (χ3v) is 4.29. The SMILES string of the molecule is Cc1ccc2nc(/C(C#N)=C\c3ccc(-c4ccc([N+](=O)[O-])cc4)o3)[nH]c2c1. The molecule has 0 unspecified atom stereocenters. The van der Waals surface area contributed by atoms with Crippen molar-refractivity contribution in [3.05, 3.63) is 81.9 Å². The Labute approximate surface area is 159 Å². The van der Waals surface area contributed by atoms with Crippen LogP contribution in [0.1, 0.15) is 17.1 Å². The number of rotatable bonds is 4. The van der Waals surface area contributed by atoms with Gasteiger partial charge in [-0.3, -0.25) is 10.1 Å². The van der Waals surface area contributed by atoms with E-state index in [4.69, 9.17) is 4.42 Å². The van der Waals surface area contributed by atoms with Gasteiger partial charge in [-0.2, -0.15) is 5.26 Å². The highest BCUT2D eigenvalue weighted by Gasteiger charge is 2.11. The summed E-state index contributed by atoms with van der Waals surface area (Å²) in [6, 6.07) is 17.6. The molecule has 136 valence electrons. The van der Waals surface area contributed by atoms with Gasteiger partial charge in [0, 0.05) is 23.8 Å². The number of nitriles is 1. The van der Waals surface area contributed by atoms with E-state index in [2.05, 4.69) is 16.0 Å². The van der Waals surface area contributed by atoms with Crippen molar-refractivity contribution in [1.29, 1.82) is 5.26 Å². The molecular weight excluding hydrogens is 356 g/mol. The van der Waals surface area contributed by atoms with Crippen LogP contribution in [0.3, 0.4) is 0 Å². The summed E-state index contributed by atoms with van der Waals surface area (Å²) in [5.74, 6) is 1.51. The first-order valence-electron chi connectivity index (χ1n) is 8.47. The Hall–Kier alpha value is -4.18. The van der Waals surface area contributed by atoms with Crippen LogP contribution in [0, 0.1) is 28.4 Å². The number of aromatic nitrogens is 2. The molecule has 28 heavy (non-hydrogen) atoms. The number of nitrogens with one attached hydrogen (secondary N) is 1. The normalized spacial score (nSPS) is 11.5. The topological polar surface area (TPSA) is 109 Å². The van der Waals surface area contributed by atoms with Gasteiger partial charge in [-0.25, -0.2) is 4.98 Å². The quantitative estimate of drug-likeness (QED) is 0.305. The largest absolute Gasteiger partial charge is 0.457 e. The highest BCUT2D eigenvalue weighted by molar-refractivity contribution is 5.89. The maximum Gasteiger partial charge on any atom is 0.269 e. The summed E-state index contributed by atoms with van der Waals surface area (Å²) in [5, 5.41) is 20.3. The van der Waals surface area contributed by atoms with Crippen LogP contribution in [0.25, 0.3) is 34.0 Å². The minimum atomic E-state index is -0.450. The van der Waals surface area contributed by atoms with E-state index in [-0.39, 0.29) is 5.69 Å². The predicted octanol–water partition coefficient (Wildman–Crippen LogP) is 5.10. The lowest BCUT2D eigenvalue weighted by Gasteiger charge is -1.97. The zero-order valence-electron chi connectivity index (χ0n) is 14.8. The highest BCUT2D eigenvalue weighted by Crippen LogP contribution is 2.27. The Bertz CT molecular complexity index is 1260. The summed E-state index contributed by atoms with van der Waals surface area (Å²) in [5.41, 5.74) is 3.82. The first kappa shape index (κ1) is 17.2. The van der Waals surface area contributed by atoms with E-state index in [1.807, 2.05) is 25.1 Å². The van der Waals surface area contributed by atoms with Gasteiger partial charge in [0.15, 0.2) is 0 Å². The Morgan fingerprint density at radius 2 is 2.00 bits per heavy atom. The van der Waals surface area contributed by atoms with Gasteiger partial charge in [0.25, 0.3) is 5.69 Å². The lowest BCUT2D eigenvalue weighted by atomic mass is 10.1. The number of nitro groups is 1. The second-order valence-electron chi connectivity index (χ2n) is 6.28. The average Bonchev–Trinajstić information content (AvgIpc) is 3.32. The van der Waals surface area contributed by atoms with Crippen molar-refractivity contribution in [3.63, 3.8) is 0 Å². The molecule has 0 amide bonds. The summed E-state index contributed by atoms with van der Waals surface area (Å²) in [4.78, 5) is 17.9. The number of aryl methyl sites for hydroxylation is 1. The number of hydrogen-bond donors (Lipinski definition) is 1. The number of nitrogens with zero attached hydrogens (tertiary/aromatic N) is 3. The number of H-pyrrole nitrogens is 1. The highest BCUT2D eigenvalue weighted by atomic mass is 16.6. The minimum Gasteiger partial charge on any atom is -0.457 e. The molecule has 2 aromatic carbocycles. The van der Waals surface area contributed by atoms with Gasteiger partial charge in [0.2, 0.25) is 0 Å². The summed E-state index contributed by atoms with van der Waals surface area (Å²) in [6.07, 6.45) is 1.61. The number of nitro benzene ring substituents is 1. The molecule has 0 spiro atoms. The number of aromatic amines is 1. The molecule has 0 radical (unpaired) electrons. The van der Waals surface area contributed by atoms with E-state index in [1.54, 1.807) is 30.3 Å². The maximum absolute atomic E-state index is 10.8. The summed E-state index contributed by atoms with van der Waals surface area (Å²) in [7, 11) is 0. The molecule has 0 saturated carbocycles. The smallest absolute Gasteiger partial charge is 0.269 e. The molecule has 0 atom stereocenters. The maximum atomic E-state index is 10.8. The van der Waals surface area contributed by atoms with Crippen LogP contribution in [0.15, 0.2) is 59.0 Å². The first-order chi connectivity index (χ1) is 13.5. The van der Waals surface area contributed by atoms with Crippen LogP contribution in [-0.4, -0.2) is 14.9 Å². The standard InChI is InChI=1S/C21H14N4O3/c1-13-2-8-18-19(10-13)24-21(23-18)15(12-22)11-17-7-9-20(28-17)14-3-5-16(6-4-14)25(26)27/h2-11H,1H3,(H,23,24)/b15-11-. The summed E-state index contributed by atoms with van der Waals surface area (Å²) in [6.45, 7) is 1.99. The van der Waals surface area contributed by atoms with E-state index < -0.39 is 4.92 Å². The predicted molar refractivity (Wildman–Crippen MR) is 105 cm³/mol. The van der Waals surface area contributed by atoms with Crippen molar-refractivity contribution in [2.75, 3.05) is 0 Å². The number of non-ortho nitro benzene ring substituents is 1. The zero-order chi connectivity index (χ0) is 19.7. The fourth-order valence-electron chi connectivity index (χ4n) is 2.88. The molecule has 1 N–H and O–H groups in total. The number of imidazole rings is 1. The van der Waals surface area contributed by atoms with Crippen molar-refractivity contribution < 1.29 is 9.34 Å². The fraction of sp³-hybridized carbons (Fsp3) is 0.0476. The second kappa shape index (κ2) is 6.85. The Morgan fingerprint density at radius 3 is 2.71 bits per heavy atom. The number of hydrogen-bond acceptors (Lipinski definition) is 5. The molecule has 0 aliphatic carbocycles. The van der Waals surface area contributed by atoms with Crippen molar-refractivity contribution in [1.82, 2.24) is 9.97 Å². The van der Waals surface area contributed by atoms with Gasteiger partial charge >= 0.3 is 0 Å². The Morgan fingerprint density at radius 1 is 1.21 bits per heavy atom. The molecule has 7 nitrogen and oxygen atoms in total. The molecule has 4 rings (SSSR count). The van der Waals surface area contributed by atoms with Crippen LogP contribution in [-0.2, 0) is 0 Å². The van der Waals surface area contributed by atoms with Crippen LogP contribution in [0.4, 0.5) is 5.69 Å². The van der Waals surface area contributed by atoms with Gasteiger partial charge in [0.05, 0.1) is 21.5 Å². The van der Waals surface area contributed by atoms with Crippen molar-refractivity contribution >= 4 is 28.4 Å². The Kier molecular flexibility index (Phi) is 4.22. The van der Waals surface area contributed by atoms with E-state index in [0.29, 0.717) is 28.5 Å². The van der Waals surface area contributed by atoms with E-state index in [9.17, 15) is 15.4 Å². The zero-order valence-corrected chi connectivity index (χ0v) is 14.8. The number of allylic oxidation sites excluding steroid dienone is 1. The van der Waals surface area contributed by atoms with Gasteiger partial charge in [-0.05, 0) is 48.9 Å². The second-order valence-corrected chi connectivity index (χ2v) is 6.28. The molecule has 2 aromatic heterocycles. The van der Waals surface area contributed by atoms with E-state index in [1.165, 1.54) is 12.1 Å². The van der Waals surface area contributed by atoms with Gasteiger partial charge in [0.1, 0.15) is 23.4 Å². The average molecular weight is 370 g/mol. The summed E-state index contributed by atoms with van der Waals surface area (Å²) >= 11 is 0. The molecule has 0 aliphatic heterocycles. The van der Waals surface area contributed by atoms with Crippen LogP contribution in [0.2, 0.25) is 0 Å². The molecule has 0 bridgehead atoms. The third-order valence-electron chi connectivity index (χ3n) is 4.29. The van der Waals surface area contributed by atoms with Gasteiger partial charge in [-0.15, -0.1) is 0 Å². The molecular formula is C21H14N4O3. The lowest BCUT2D eigenvalue weighted by Crippen LogP contribution is -1.86. The number of benzene rings is 2. The molecule has 4 aromatic rings. The first-order valence-corrected chi connectivity index (χ1v) is 8.47. The van der Waals surface area contributed by atoms with Crippen molar-refractivity contribution in [2.24, 2.45) is 0 Å². The summed E-state index contributed by atoms with van der Waals surface area (Å²) < 4.78 is 5.78. The number of furan rings is 1. The van der Waals surface area contributed by atoms with Gasteiger partial charge < -0.3 is 9.40 Å². The van der Waals surface area contributed by atoms with E-state index in [0.717, 1.165) is 16.6 Å². The van der Waals surface area contributed by atoms with Crippen molar-refractivity contribution in [3.8, 4) is 17.4 Å². The molecule has 0 saturated heterocycles. The molecule has 2 heterocycles. The van der Waals surface area contributed by atoms with Crippen LogP contribution in [0.5, 0.6) is 0 Å². The monoisotopic (exact) mass is 370 g/mol. The lowest BCUT2D eigenvalue weighted by molar-refractivity contribution is -0.384. The Balaban J connectivity index is 1.65. The third kappa shape index (κ3) is 3.27. The minimum absolute atomic E-state index is 0.0160. The van der Waals surface area contributed by atoms with Crippen LogP contribution < -0.4 is 0 Å². The molecule has 7 heteroatoms. The number of fused-ring (bicyclic) bond motifs is 1. The molecule has 0 fully saturated rings. The van der Waals surface area contributed by atoms with E-state index >= 15 is 0 Å². The van der Waals surface area contributed by atoms with Crippen LogP contribution >= 0.6 is 0 Å².